The zero-order valence-electron chi connectivity index (χ0n) is 13.3. The first-order chi connectivity index (χ1) is 11.2. The van der Waals surface area contributed by atoms with Crippen LogP contribution in [0.25, 0.3) is 10.9 Å². The topological polar surface area (TPSA) is 76.5 Å². The lowest BCUT2D eigenvalue weighted by atomic mass is 10.1. The van der Waals surface area contributed by atoms with Gasteiger partial charge in [-0.3, -0.25) is 14.2 Å². The molecule has 1 fully saturated rings. The molecule has 0 aliphatic carbocycles. The lowest BCUT2D eigenvalue weighted by Gasteiger charge is -2.23. The van der Waals surface area contributed by atoms with Crippen molar-refractivity contribution in [3.63, 3.8) is 0 Å². The van der Waals surface area contributed by atoms with Crippen molar-refractivity contribution in [2.75, 3.05) is 18.6 Å². The molecule has 0 N–H and O–H groups in total. The van der Waals surface area contributed by atoms with Gasteiger partial charge in [0.1, 0.15) is 0 Å². The van der Waals surface area contributed by atoms with Crippen molar-refractivity contribution in [3.05, 3.63) is 35.0 Å². The fourth-order valence-electron chi connectivity index (χ4n) is 3.07. The Hall–Kier alpha value is -1.86. The first-order valence-corrected chi connectivity index (χ1v) is 9.68. The van der Waals surface area contributed by atoms with Crippen LogP contribution in [-0.2, 0) is 9.84 Å². The molecular weight excluding hydrogens is 352 g/mol. The number of halogens is 1. The predicted molar refractivity (Wildman–Crippen MR) is 92.4 cm³/mol. The summed E-state index contributed by atoms with van der Waals surface area (Å²) in [5.74, 6) is -0.455. The van der Waals surface area contributed by atoms with Crippen LogP contribution in [-0.4, -0.2) is 54.3 Å². The highest BCUT2D eigenvalue weighted by molar-refractivity contribution is 7.91. The highest BCUT2D eigenvalue weighted by atomic mass is 35.5. The number of carbonyl (C=O) groups excluding carboxylic acids is 2. The number of hydrogen-bond acceptors (Lipinski definition) is 4. The fraction of sp³-hybridized carbons (Fsp3) is 0.375. The summed E-state index contributed by atoms with van der Waals surface area (Å²) in [6.07, 6.45) is 1.92. The summed E-state index contributed by atoms with van der Waals surface area (Å²) in [7, 11) is -1.49. The number of benzene rings is 1. The molecule has 1 aliphatic rings. The lowest BCUT2D eigenvalue weighted by molar-refractivity contribution is 0.0749. The highest BCUT2D eigenvalue weighted by Gasteiger charge is 2.34. The summed E-state index contributed by atoms with van der Waals surface area (Å²) in [5, 5.41) is 1.09. The normalized spacial score (nSPS) is 19.5. The number of rotatable bonds is 2. The first kappa shape index (κ1) is 17.0. The molecule has 2 aromatic rings. The van der Waals surface area contributed by atoms with Gasteiger partial charge in [-0.1, -0.05) is 17.7 Å². The van der Waals surface area contributed by atoms with E-state index < -0.39 is 9.84 Å². The quantitative estimate of drug-likeness (QED) is 0.814. The molecule has 0 saturated carbocycles. The van der Waals surface area contributed by atoms with Crippen molar-refractivity contribution < 1.29 is 18.0 Å². The molecule has 24 heavy (non-hydrogen) atoms. The predicted octanol–water partition coefficient (Wildman–Crippen LogP) is 2.21. The Bertz CT molecular complexity index is 948. The summed E-state index contributed by atoms with van der Waals surface area (Å²) in [4.78, 5) is 26.1. The van der Waals surface area contributed by atoms with E-state index in [0.717, 1.165) is 0 Å². The van der Waals surface area contributed by atoms with E-state index >= 15 is 0 Å². The molecule has 1 aromatic heterocycles. The summed E-state index contributed by atoms with van der Waals surface area (Å²) < 4.78 is 24.7. The summed E-state index contributed by atoms with van der Waals surface area (Å²) in [6.45, 7) is 1.40. The molecule has 1 aromatic carbocycles. The lowest BCUT2D eigenvalue weighted by Crippen LogP contribution is -2.37. The smallest absolute Gasteiger partial charge is 0.256 e. The van der Waals surface area contributed by atoms with Gasteiger partial charge in [0.05, 0.1) is 22.6 Å². The number of amides is 1. The van der Waals surface area contributed by atoms with Gasteiger partial charge in [0.25, 0.3) is 5.91 Å². The van der Waals surface area contributed by atoms with E-state index in [1.807, 2.05) is 0 Å². The van der Waals surface area contributed by atoms with Crippen molar-refractivity contribution in [3.8, 4) is 0 Å². The Morgan fingerprint density at radius 1 is 1.33 bits per heavy atom. The molecule has 0 bridgehead atoms. The number of hydrogen-bond donors (Lipinski definition) is 0. The Balaban J connectivity index is 2.03. The van der Waals surface area contributed by atoms with Crippen LogP contribution in [0.1, 0.15) is 28.5 Å². The molecule has 1 saturated heterocycles. The minimum atomic E-state index is -3.08. The molecule has 2 heterocycles. The molecule has 128 valence electrons. The standard InChI is InChI=1S/C16H17ClN2O4S/c1-10(20)19-8-14(13-4-3-11(17)7-15(13)19)16(21)18(2)12-5-6-24(22,23)9-12/h3-4,7-8,12H,5-6,9H2,1-2H3. The second-order valence-electron chi connectivity index (χ2n) is 6.07. The van der Waals surface area contributed by atoms with Crippen LogP contribution in [0, 0.1) is 0 Å². The number of sulfone groups is 1. The number of fused-ring (bicyclic) bond motifs is 1. The van der Waals surface area contributed by atoms with E-state index in [2.05, 4.69) is 0 Å². The van der Waals surface area contributed by atoms with Gasteiger partial charge in [0.2, 0.25) is 5.91 Å². The van der Waals surface area contributed by atoms with E-state index in [9.17, 15) is 18.0 Å². The SMILES string of the molecule is CC(=O)n1cc(C(=O)N(C)C2CCS(=O)(=O)C2)c2ccc(Cl)cc21. The van der Waals surface area contributed by atoms with Crippen molar-refractivity contribution >= 4 is 44.2 Å². The van der Waals surface area contributed by atoms with Gasteiger partial charge in [0, 0.05) is 36.6 Å². The van der Waals surface area contributed by atoms with Crippen LogP contribution >= 0.6 is 11.6 Å². The zero-order valence-corrected chi connectivity index (χ0v) is 14.9. The Kier molecular flexibility index (Phi) is 4.17. The molecule has 3 rings (SSSR count). The van der Waals surface area contributed by atoms with Crippen LogP contribution in [0.5, 0.6) is 0 Å². The van der Waals surface area contributed by atoms with Crippen LogP contribution in [0.4, 0.5) is 0 Å². The van der Waals surface area contributed by atoms with E-state index in [1.165, 1.54) is 22.6 Å². The molecule has 1 atom stereocenters. The minimum Gasteiger partial charge on any atom is -0.338 e. The Morgan fingerprint density at radius 3 is 2.62 bits per heavy atom. The van der Waals surface area contributed by atoms with E-state index in [-0.39, 0.29) is 29.4 Å². The molecular formula is C16H17ClN2O4S. The van der Waals surface area contributed by atoms with Gasteiger partial charge in [-0.05, 0) is 18.6 Å². The third kappa shape index (κ3) is 2.93. The van der Waals surface area contributed by atoms with Crippen LogP contribution in [0.15, 0.2) is 24.4 Å². The van der Waals surface area contributed by atoms with E-state index in [4.69, 9.17) is 11.6 Å². The van der Waals surface area contributed by atoms with Gasteiger partial charge in [-0.2, -0.15) is 0 Å². The monoisotopic (exact) mass is 368 g/mol. The number of nitrogens with zero attached hydrogens (tertiary/aromatic N) is 2. The van der Waals surface area contributed by atoms with Gasteiger partial charge in [-0.25, -0.2) is 8.42 Å². The zero-order chi connectivity index (χ0) is 17.6. The Morgan fingerprint density at radius 2 is 2.04 bits per heavy atom. The summed E-state index contributed by atoms with van der Waals surface area (Å²) >= 11 is 6.00. The molecule has 6 nitrogen and oxygen atoms in total. The van der Waals surface area contributed by atoms with Gasteiger partial charge < -0.3 is 4.90 Å². The van der Waals surface area contributed by atoms with Crippen molar-refractivity contribution in [2.24, 2.45) is 0 Å². The molecule has 1 unspecified atom stereocenters. The van der Waals surface area contributed by atoms with Crippen LogP contribution in [0.3, 0.4) is 0 Å². The Labute approximate surface area is 144 Å². The maximum absolute atomic E-state index is 12.9. The van der Waals surface area contributed by atoms with E-state index in [1.54, 1.807) is 25.2 Å². The highest BCUT2D eigenvalue weighted by Crippen LogP contribution is 2.27. The van der Waals surface area contributed by atoms with Crippen LogP contribution < -0.4 is 0 Å². The third-order valence-corrected chi connectivity index (χ3v) is 6.40. The second kappa shape index (κ2) is 5.89. The number of aromatic nitrogens is 1. The average Bonchev–Trinajstić information content (AvgIpc) is 3.05. The third-order valence-electron chi connectivity index (χ3n) is 4.41. The second-order valence-corrected chi connectivity index (χ2v) is 8.73. The van der Waals surface area contributed by atoms with Crippen LogP contribution in [0.2, 0.25) is 5.02 Å². The fourth-order valence-corrected chi connectivity index (χ4v) is 5.01. The maximum atomic E-state index is 12.9. The molecule has 1 amide bonds. The summed E-state index contributed by atoms with van der Waals surface area (Å²) in [5.41, 5.74) is 0.925. The molecule has 8 heteroatoms. The minimum absolute atomic E-state index is 0.0214. The van der Waals surface area contributed by atoms with Crippen molar-refractivity contribution in [1.82, 2.24) is 9.47 Å². The van der Waals surface area contributed by atoms with Gasteiger partial charge in [0.15, 0.2) is 9.84 Å². The molecule has 0 radical (unpaired) electrons. The first-order valence-electron chi connectivity index (χ1n) is 7.49. The van der Waals surface area contributed by atoms with Crippen molar-refractivity contribution in [2.45, 2.75) is 19.4 Å². The average molecular weight is 369 g/mol. The molecule has 1 aliphatic heterocycles. The molecule has 0 spiro atoms. The van der Waals surface area contributed by atoms with Gasteiger partial charge in [-0.15, -0.1) is 0 Å². The van der Waals surface area contributed by atoms with Crippen molar-refractivity contribution in [1.29, 1.82) is 0 Å². The summed E-state index contributed by atoms with van der Waals surface area (Å²) in [6, 6.07) is 4.65. The largest absolute Gasteiger partial charge is 0.338 e. The maximum Gasteiger partial charge on any atom is 0.256 e. The van der Waals surface area contributed by atoms with Gasteiger partial charge >= 0.3 is 0 Å². The van der Waals surface area contributed by atoms with E-state index in [0.29, 0.717) is 27.9 Å². The number of carbonyl (C=O) groups is 2.